The molecular weight excluding hydrogens is 677 g/mol. The van der Waals surface area contributed by atoms with E-state index < -0.39 is 29.6 Å². The van der Waals surface area contributed by atoms with Gasteiger partial charge in [-0.15, -0.1) is 5.06 Å². The third-order valence-corrected chi connectivity index (χ3v) is 7.09. The molecule has 6 amide bonds. The van der Waals surface area contributed by atoms with Crippen molar-refractivity contribution in [3.05, 3.63) is 24.3 Å². The average molecular weight is 721 g/mol. The van der Waals surface area contributed by atoms with Gasteiger partial charge in [-0.3, -0.25) is 43.4 Å². The number of carbonyl (C=O) groups excluding carboxylic acids is 8. The molecular formula is C28H44N6O10S3. The van der Waals surface area contributed by atoms with Gasteiger partial charge in [0.05, 0.1) is 0 Å². The molecule has 0 aromatic rings. The number of carbonyl (C=O) groups is 8. The highest BCUT2D eigenvalue weighted by atomic mass is 32.2. The minimum absolute atomic E-state index is 0.0363. The molecule has 19 heteroatoms. The lowest BCUT2D eigenvalue weighted by Crippen LogP contribution is -2.33. The number of nitrogens with one attached hydrogen (secondary N) is 1. The predicted octanol–water partition coefficient (Wildman–Crippen LogP) is -0.416. The Morgan fingerprint density at radius 1 is 0.766 bits per heavy atom. The highest BCUT2D eigenvalue weighted by Gasteiger charge is 2.33. The fourth-order valence-corrected chi connectivity index (χ4v) is 3.84. The highest BCUT2D eigenvalue weighted by Crippen LogP contribution is 2.13. The molecule has 47 heavy (non-hydrogen) atoms. The Hall–Kier alpha value is -3.23. The summed E-state index contributed by atoms with van der Waals surface area (Å²) in [6.45, 7) is 2.41. The highest BCUT2D eigenvalue weighted by molar-refractivity contribution is 7.98. The van der Waals surface area contributed by atoms with Gasteiger partial charge in [0.25, 0.3) is 35.4 Å². The number of hydrogen-bond donors (Lipinski definition) is 4. The van der Waals surface area contributed by atoms with Crippen molar-refractivity contribution in [3.8, 4) is 0 Å². The first-order chi connectivity index (χ1) is 22.5. The van der Waals surface area contributed by atoms with Crippen LogP contribution in [0.1, 0.15) is 38.5 Å². The number of imide groups is 3. The second kappa shape index (κ2) is 26.8. The molecule has 0 bridgehead atoms. The van der Waals surface area contributed by atoms with E-state index in [2.05, 4.69) is 22.9 Å². The monoisotopic (exact) mass is 720 g/mol. The van der Waals surface area contributed by atoms with E-state index in [0.717, 1.165) is 45.8 Å². The van der Waals surface area contributed by atoms with Crippen LogP contribution in [0.3, 0.4) is 0 Å². The Morgan fingerprint density at radius 3 is 1.55 bits per heavy atom. The maximum Gasteiger partial charge on any atom is 0.333 e. The predicted molar refractivity (Wildman–Crippen MR) is 180 cm³/mol. The molecule has 1 saturated heterocycles. The number of nitrogens with zero attached hydrogens (tertiary/aromatic N) is 3. The summed E-state index contributed by atoms with van der Waals surface area (Å²) in [5.41, 5.74) is 12.6. The molecule has 3 aliphatic rings. The van der Waals surface area contributed by atoms with Crippen LogP contribution >= 0.6 is 36.2 Å². The summed E-state index contributed by atoms with van der Waals surface area (Å²) < 4.78 is 0. The van der Waals surface area contributed by atoms with Crippen molar-refractivity contribution in [2.75, 3.05) is 62.5 Å². The molecule has 0 radical (unpaired) electrons. The molecule has 0 atom stereocenters. The number of amides is 6. The van der Waals surface area contributed by atoms with Gasteiger partial charge in [0.15, 0.2) is 0 Å². The second-order valence-corrected chi connectivity index (χ2v) is 11.6. The van der Waals surface area contributed by atoms with Crippen LogP contribution in [0.4, 0.5) is 0 Å². The first-order valence-electron chi connectivity index (χ1n) is 14.5. The van der Waals surface area contributed by atoms with Crippen LogP contribution in [0, 0.1) is 0 Å². The first kappa shape index (κ1) is 43.8. The molecule has 0 aromatic heterocycles. The lowest BCUT2D eigenvalue weighted by Gasteiger charge is -2.14. The minimum atomic E-state index is -0.749. The summed E-state index contributed by atoms with van der Waals surface area (Å²) in [5.74, 6) is -0.992. The van der Waals surface area contributed by atoms with Gasteiger partial charge in [-0.05, 0) is 25.4 Å². The van der Waals surface area contributed by atoms with Crippen LogP contribution in [0.5, 0.6) is 0 Å². The molecule has 16 nitrogen and oxygen atoms in total. The van der Waals surface area contributed by atoms with Crippen molar-refractivity contribution < 1.29 is 48.0 Å². The Bertz CT molecular complexity index is 1080. The Labute approximate surface area is 288 Å². The van der Waals surface area contributed by atoms with E-state index in [1.54, 1.807) is 23.5 Å². The van der Waals surface area contributed by atoms with E-state index in [1.165, 1.54) is 12.2 Å². The van der Waals surface area contributed by atoms with E-state index in [0.29, 0.717) is 24.6 Å². The molecule has 3 heterocycles. The Balaban J connectivity index is 0.000000719. The van der Waals surface area contributed by atoms with Gasteiger partial charge in [-0.25, -0.2) is 4.79 Å². The maximum absolute atomic E-state index is 11.5. The summed E-state index contributed by atoms with van der Waals surface area (Å²) in [6.07, 6.45) is 9.52. The topological polar surface area (TPSA) is 229 Å². The number of hydrogen-bond acceptors (Lipinski definition) is 16. The Morgan fingerprint density at radius 2 is 1.19 bits per heavy atom. The van der Waals surface area contributed by atoms with Crippen molar-refractivity contribution in [2.45, 2.75) is 38.5 Å². The molecule has 0 aromatic carbocycles. The lowest BCUT2D eigenvalue weighted by molar-refractivity contribution is -0.197. The zero-order chi connectivity index (χ0) is 35.6. The standard InChI is InChI=1S/C12H12N2O6.C11H16N2O4S.C3H9NS.C2H7NS/c15-8-3-4-9(16)13(8)7-1-2-12(19)20-14-10(17)5-6-11(14)18;1-18-8-6-12-17-11(16)3-2-7-13-9(14)4-5-10(13)15;1-5-3-2-4;3-1-2-4/h3-4H,1-2,5-7H2;4-5,12H,2-3,6-8H2,1H3;2-4H2,1H3;4H,1-3H2. The summed E-state index contributed by atoms with van der Waals surface area (Å²) in [7, 11) is 0. The number of nitrogens with two attached hydrogens (primary N) is 2. The summed E-state index contributed by atoms with van der Waals surface area (Å²) in [6, 6.07) is 0. The van der Waals surface area contributed by atoms with E-state index in [1.807, 2.05) is 12.5 Å². The van der Waals surface area contributed by atoms with Crippen LogP contribution in [0.2, 0.25) is 0 Å². The van der Waals surface area contributed by atoms with Crippen molar-refractivity contribution in [1.82, 2.24) is 20.3 Å². The van der Waals surface area contributed by atoms with Crippen LogP contribution in [-0.4, -0.2) is 125 Å². The van der Waals surface area contributed by atoms with Crippen LogP contribution in [-0.2, 0) is 48.0 Å². The number of thiol groups is 1. The molecule has 3 aliphatic heterocycles. The van der Waals surface area contributed by atoms with Crippen molar-refractivity contribution in [1.29, 1.82) is 0 Å². The van der Waals surface area contributed by atoms with Crippen LogP contribution in [0.15, 0.2) is 24.3 Å². The number of rotatable bonds is 16. The van der Waals surface area contributed by atoms with Gasteiger partial charge in [-0.2, -0.15) is 41.6 Å². The quantitative estimate of drug-likeness (QED) is 0.0687. The van der Waals surface area contributed by atoms with Gasteiger partial charge in [-0.1, -0.05) is 0 Å². The van der Waals surface area contributed by atoms with Crippen LogP contribution in [0.25, 0.3) is 0 Å². The Kier molecular flexibility index (Phi) is 25.0. The average Bonchev–Trinajstić information content (AvgIpc) is 3.67. The largest absolute Gasteiger partial charge is 0.371 e. The molecule has 264 valence electrons. The SMILES string of the molecule is CSCCN.CSCCNOC(=O)CCCN1C(=O)C=CC1=O.NCCS.O=C(CCCN1C(=O)C=CC1=O)ON1C(=O)CCC1=O. The van der Waals surface area contributed by atoms with Crippen molar-refractivity contribution in [2.24, 2.45) is 11.5 Å². The normalized spacial score (nSPS) is 14.9. The van der Waals surface area contributed by atoms with Gasteiger partial charge >= 0.3 is 11.9 Å². The minimum Gasteiger partial charge on any atom is -0.371 e. The molecule has 5 N–H and O–H groups in total. The third-order valence-electron chi connectivity index (χ3n) is 5.57. The fraction of sp³-hybridized carbons (Fsp3) is 0.571. The molecule has 0 saturated carbocycles. The zero-order valence-electron chi connectivity index (χ0n) is 26.6. The summed E-state index contributed by atoms with van der Waals surface area (Å²) in [4.78, 5) is 101. The number of hydroxylamine groups is 3. The van der Waals surface area contributed by atoms with Crippen molar-refractivity contribution in [3.63, 3.8) is 0 Å². The van der Waals surface area contributed by atoms with E-state index in [-0.39, 0.29) is 63.0 Å². The summed E-state index contributed by atoms with van der Waals surface area (Å²) in [5, 5.41) is 0.468. The van der Waals surface area contributed by atoms with Gasteiger partial charge in [0.1, 0.15) is 0 Å². The molecule has 3 rings (SSSR count). The second-order valence-electron chi connectivity index (χ2n) is 9.23. The van der Waals surface area contributed by atoms with E-state index in [4.69, 9.17) is 16.3 Å². The van der Waals surface area contributed by atoms with E-state index >= 15 is 0 Å². The third kappa shape index (κ3) is 19.3. The van der Waals surface area contributed by atoms with E-state index in [9.17, 15) is 38.4 Å². The van der Waals surface area contributed by atoms with Crippen LogP contribution < -0.4 is 16.9 Å². The lowest BCUT2D eigenvalue weighted by atomic mass is 10.3. The van der Waals surface area contributed by atoms with Crippen molar-refractivity contribution >= 4 is 83.5 Å². The maximum atomic E-state index is 11.5. The molecule has 0 spiro atoms. The number of thioether (sulfide) groups is 2. The summed E-state index contributed by atoms with van der Waals surface area (Å²) >= 11 is 7.22. The molecule has 0 aliphatic carbocycles. The van der Waals surface area contributed by atoms with Gasteiger partial charge in [0, 0.05) is 100.0 Å². The smallest absolute Gasteiger partial charge is 0.333 e. The molecule has 0 unspecified atom stereocenters. The molecule has 1 fully saturated rings. The van der Waals surface area contributed by atoms with Gasteiger partial charge < -0.3 is 21.1 Å². The zero-order valence-corrected chi connectivity index (χ0v) is 29.1. The fourth-order valence-electron chi connectivity index (χ4n) is 3.32. The van der Waals surface area contributed by atoms with Gasteiger partial charge in [0.2, 0.25) is 0 Å². The first-order valence-corrected chi connectivity index (χ1v) is 17.9.